The molecule has 2 atom stereocenters. The lowest BCUT2D eigenvalue weighted by Crippen LogP contribution is -2.40. The molecule has 6 nitrogen and oxygen atoms in total. The molecular formula is C13H20N4O2. The second-order valence-electron chi connectivity index (χ2n) is 4.38. The van der Waals surface area contributed by atoms with E-state index in [-0.39, 0.29) is 17.8 Å². The Morgan fingerprint density at radius 3 is 2.89 bits per heavy atom. The van der Waals surface area contributed by atoms with E-state index >= 15 is 0 Å². The minimum absolute atomic E-state index is 0.0577. The summed E-state index contributed by atoms with van der Waals surface area (Å²) in [5.74, 6) is -0.902. The van der Waals surface area contributed by atoms with Crippen LogP contribution in [0.2, 0.25) is 0 Å². The van der Waals surface area contributed by atoms with Crippen molar-refractivity contribution >= 4 is 11.7 Å². The number of nitrogens with one attached hydrogen (secondary N) is 1. The highest BCUT2D eigenvalue weighted by Gasteiger charge is 2.23. The Bertz CT molecular complexity index is 434. The summed E-state index contributed by atoms with van der Waals surface area (Å²) in [6.07, 6.45) is 4.69. The van der Waals surface area contributed by atoms with Crippen molar-refractivity contribution in [3.05, 3.63) is 30.1 Å². The number of hydrogen-bond acceptors (Lipinski definition) is 4. The van der Waals surface area contributed by atoms with Crippen LogP contribution in [0.5, 0.6) is 0 Å². The molecule has 0 aliphatic rings. The molecular weight excluding hydrogens is 244 g/mol. The number of aromatic nitrogens is 1. The van der Waals surface area contributed by atoms with Crippen LogP contribution < -0.4 is 11.1 Å². The predicted octanol–water partition coefficient (Wildman–Crippen LogP) is 1.42. The van der Waals surface area contributed by atoms with Crippen molar-refractivity contribution in [1.29, 1.82) is 0 Å². The normalized spacial score (nSPS) is 14.7. The van der Waals surface area contributed by atoms with Gasteiger partial charge in [0.1, 0.15) is 0 Å². The molecule has 0 bridgehead atoms. The van der Waals surface area contributed by atoms with Gasteiger partial charge in [-0.25, -0.2) is 0 Å². The van der Waals surface area contributed by atoms with Gasteiger partial charge in [0.05, 0.1) is 12.0 Å². The van der Waals surface area contributed by atoms with Crippen molar-refractivity contribution < 1.29 is 10.0 Å². The number of nitrogens with zero attached hydrogens (tertiary/aromatic N) is 2. The second-order valence-corrected chi connectivity index (χ2v) is 4.38. The molecule has 6 heteroatoms. The monoisotopic (exact) mass is 264 g/mol. The van der Waals surface area contributed by atoms with Gasteiger partial charge >= 0.3 is 0 Å². The van der Waals surface area contributed by atoms with Crippen molar-refractivity contribution in [1.82, 2.24) is 10.3 Å². The summed E-state index contributed by atoms with van der Waals surface area (Å²) in [7, 11) is 0. The minimum atomic E-state index is -0.603. The van der Waals surface area contributed by atoms with Crippen LogP contribution in [0.4, 0.5) is 0 Å². The van der Waals surface area contributed by atoms with E-state index in [1.165, 1.54) is 0 Å². The van der Waals surface area contributed by atoms with E-state index in [0.717, 1.165) is 12.0 Å². The van der Waals surface area contributed by atoms with Gasteiger partial charge in [-0.2, -0.15) is 0 Å². The quantitative estimate of drug-likeness (QED) is 0.313. The highest BCUT2D eigenvalue weighted by molar-refractivity contribution is 6.02. The number of nitrogens with two attached hydrogens (primary N) is 1. The van der Waals surface area contributed by atoms with Gasteiger partial charge < -0.3 is 16.3 Å². The molecule has 0 fully saturated rings. The molecule has 0 aromatic carbocycles. The van der Waals surface area contributed by atoms with E-state index in [2.05, 4.69) is 15.5 Å². The Morgan fingerprint density at radius 2 is 2.37 bits per heavy atom. The number of oxime groups is 1. The first-order valence-corrected chi connectivity index (χ1v) is 6.27. The molecule has 0 saturated carbocycles. The Labute approximate surface area is 112 Å². The van der Waals surface area contributed by atoms with E-state index in [4.69, 9.17) is 10.9 Å². The van der Waals surface area contributed by atoms with Gasteiger partial charge in [-0.3, -0.25) is 9.78 Å². The van der Waals surface area contributed by atoms with Crippen molar-refractivity contribution in [3.63, 3.8) is 0 Å². The number of carbonyl (C=O) groups is 1. The van der Waals surface area contributed by atoms with E-state index in [9.17, 15) is 4.79 Å². The van der Waals surface area contributed by atoms with Crippen molar-refractivity contribution in [2.24, 2.45) is 16.8 Å². The maximum Gasteiger partial charge on any atom is 0.231 e. The smallest absolute Gasteiger partial charge is 0.231 e. The van der Waals surface area contributed by atoms with Crippen LogP contribution >= 0.6 is 0 Å². The highest BCUT2D eigenvalue weighted by Crippen LogP contribution is 2.13. The molecule has 0 spiro atoms. The number of rotatable bonds is 6. The minimum Gasteiger partial charge on any atom is -0.409 e. The molecule has 0 saturated heterocycles. The van der Waals surface area contributed by atoms with E-state index in [1.807, 2.05) is 26.0 Å². The van der Waals surface area contributed by atoms with Crippen LogP contribution in [-0.4, -0.2) is 21.9 Å². The fraction of sp³-hybridized carbons (Fsp3) is 0.462. The SMILES string of the molecule is CCCC(C(=O)NC(C)c1cccnc1)C(N)=NO. The van der Waals surface area contributed by atoms with Crippen molar-refractivity contribution in [2.45, 2.75) is 32.7 Å². The molecule has 0 aliphatic carbocycles. The summed E-state index contributed by atoms with van der Waals surface area (Å²) in [4.78, 5) is 16.1. The first kappa shape index (κ1) is 14.9. The second kappa shape index (κ2) is 7.35. The maximum absolute atomic E-state index is 12.1. The third kappa shape index (κ3) is 4.24. The van der Waals surface area contributed by atoms with Gasteiger partial charge in [0, 0.05) is 12.4 Å². The molecule has 1 heterocycles. The Hall–Kier alpha value is -2.11. The zero-order valence-corrected chi connectivity index (χ0v) is 11.2. The zero-order chi connectivity index (χ0) is 14.3. The van der Waals surface area contributed by atoms with Gasteiger partial charge in [-0.05, 0) is 25.0 Å². The van der Waals surface area contributed by atoms with Crippen molar-refractivity contribution in [2.75, 3.05) is 0 Å². The molecule has 4 N–H and O–H groups in total. The summed E-state index contributed by atoms with van der Waals surface area (Å²) in [6, 6.07) is 3.52. The molecule has 2 unspecified atom stereocenters. The molecule has 104 valence electrons. The topological polar surface area (TPSA) is 101 Å². The van der Waals surface area contributed by atoms with Crippen LogP contribution in [0.3, 0.4) is 0 Å². The van der Waals surface area contributed by atoms with Crippen LogP contribution in [-0.2, 0) is 4.79 Å². The number of amidine groups is 1. The highest BCUT2D eigenvalue weighted by atomic mass is 16.4. The summed E-state index contributed by atoms with van der Waals surface area (Å²) in [5.41, 5.74) is 6.45. The van der Waals surface area contributed by atoms with Crippen LogP contribution in [0.25, 0.3) is 0 Å². The summed E-state index contributed by atoms with van der Waals surface area (Å²) < 4.78 is 0. The van der Waals surface area contributed by atoms with Crippen LogP contribution in [0.1, 0.15) is 38.3 Å². The van der Waals surface area contributed by atoms with Crippen LogP contribution in [0.15, 0.2) is 29.7 Å². The fourth-order valence-corrected chi connectivity index (χ4v) is 1.80. The standard InChI is InChI=1S/C13H20N4O2/c1-3-5-11(12(14)17-19)13(18)16-9(2)10-6-4-7-15-8-10/h4,6-9,11,19H,3,5H2,1-2H3,(H2,14,17)(H,16,18). The Balaban J connectivity index is 2.71. The maximum atomic E-state index is 12.1. The van der Waals surface area contributed by atoms with Gasteiger partial charge in [0.2, 0.25) is 5.91 Å². The summed E-state index contributed by atoms with van der Waals surface area (Å²) in [5, 5.41) is 14.5. The lowest BCUT2D eigenvalue weighted by Gasteiger charge is -2.19. The average molecular weight is 264 g/mol. The molecule has 1 aromatic heterocycles. The number of pyridine rings is 1. The average Bonchev–Trinajstić information content (AvgIpc) is 2.44. The van der Waals surface area contributed by atoms with Crippen LogP contribution in [0, 0.1) is 5.92 Å². The molecule has 0 aliphatic heterocycles. The van der Waals surface area contributed by atoms with Crippen molar-refractivity contribution in [3.8, 4) is 0 Å². The summed E-state index contributed by atoms with van der Waals surface area (Å²) >= 11 is 0. The molecule has 1 aromatic rings. The number of hydrogen-bond donors (Lipinski definition) is 3. The van der Waals surface area contributed by atoms with E-state index < -0.39 is 5.92 Å². The van der Waals surface area contributed by atoms with Gasteiger partial charge in [-0.1, -0.05) is 24.6 Å². The fourth-order valence-electron chi connectivity index (χ4n) is 1.80. The molecule has 1 rings (SSSR count). The van der Waals surface area contributed by atoms with Gasteiger partial charge in [0.15, 0.2) is 5.84 Å². The lowest BCUT2D eigenvalue weighted by molar-refractivity contribution is -0.123. The predicted molar refractivity (Wildman–Crippen MR) is 72.6 cm³/mol. The first-order valence-electron chi connectivity index (χ1n) is 6.27. The number of amides is 1. The zero-order valence-electron chi connectivity index (χ0n) is 11.2. The number of carbonyl (C=O) groups excluding carboxylic acids is 1. The lowest BCUT2D eigenvalue weighted by atomic mass is 10.0. The van der Waals surface area contributed by atoms with E-state index in [1.54, 1.807) is 12.4 Å². The third-order valence-electron chi connectivity index (χ3n) is 2.91. The summed E-state index contributed by atoms with van der Waals surface area (Å²) in [6.45, 7) is 3.81. The van der Waals surface area contributed by atoms with Gasteiger partial charge in [0.25, 0.3) is 0 Å². The molecule has 0 radical (unpaired) electrons. The largest absolute Gasteiger partial charge is 0.409 e. The molecule has 19 heavy (non-hydrogen) atoms. The Morgan fingerprint density at radius 1 is 1.63 bits per heavy atom. The molecule has 1 amide bonds. The third-order valence-corrected chi connectivity index (χ3v) is 2.91. The Kier molecular flexibility index (Phi) is 5.78. The van der Waals surface area contributed by atoms with E-state index in [0.29, 0.717) is 6.42 Å². The first-order chi connectivity index (χ1) is 9.10. The van der Waals surface area contributed by atoms with Gasteiger partial charge in [-0.15, -0.1) is 0 Å².